The highest BCUT2D eigenvalue weighted by Gasteiger charge is 2.25. The van der Waals surface area contributed by atoms with Gasteiger partial charge in [-0.05, 0) is 42.0 Å². The first-order valence-corrected chi connectivity index (χ1v) is 11.7. The molecule has 10 nitrogen and oxygen atoms in total. The highest BCUT2D eigenvalue weighted by atomic mass is 32.2. The number of hydrogen-bond acceptors (Lipinski definition) is 8. The fraction of sp³-hybridized carbons (Fsp3) is 0.0588. The summed E-state index contributed by atoms with van der Waals surface area (Å²) in [5, 5.41) is 10.3. The lowest BCUT2D eigenvalue weighted by atomic mass is 10.1. The zero-order chi connectivity index (χ0) is 22.4. The minimum atomic E-state index is -3.85. The molecular weight excluding hydrogens is 454 g/mol. The van der Waals surface area contributed by atoms with Crippen LogP contribution in [0, 0.1) is 11.6 Å². The van der Waals surface area contributed by atoms with E-state index in [9.17, 15) is 25.6 Å². The molecule has 31 heavy (non-hydrogen) atoms. The molecule has 3 aromatic rings. The average Bonchev–Trinajstić information content (AvgIpc) is 2.97. The maximum atomic E-state index is 14.4. The Balaban J connectivity index is 1.58. The number of fused-ring (bicyclic) bond motifs is 1. The van der Waals surface area contributed by atoms with Gasteiger partial charge in [0.05, 0.1) is 28.2 Å². The lowest BCUT2D eigenvalue weighted by molar-refractivity contribution is 0.597. The number of anilines is 5. The highest BCUT2D eigenvalue weighted by molar-refractivity contribution is 7.92. The second-order valence-electron chi connectivity index (χ2n) is 6.56. The van der Waals surface area contributed by atoms with Crippen LogP contribution in [0.5, 0.6) is 0 Å². The predicted molar refractivity (Wildman–Crippen MR) is 109 cm³/mol. The topological polar surface area (TPSA) is 156 Å². The molecule has 0 saturated heterocycles. The molecule has 0 fully saturated rings. The smallest absolute Gasteiger partial charge is 0.238 e. The number of halogens is 2. The molecular formula is C17H14F2N6O4S2. The van der Waals surface area contributed by atoms with Crippen molar-refractivity contribution in [2.24, 2.45) is 5.14 Å². The fourth-order valence-corrected chi connectivity index (χ4v) is 4.59. The standard InChI is InChI=1S/C17H14F2N6O4S2/c18-12-5-9-8-30(26,27)25-14(9)6-15(12)23-16-13(19)7-21-17(24-16)22-10-1-3-11(4-2-10)31(20,28)29/h1-7,25H,8H2,(H2,20,28,29)(H2,21,22,23,24). The molecule has 0 radical (unpaired) electrons. The number of nitrogens with zero attached hydrogens (tertiary/aromatic N) is 2. The Morgan fingerprint density at radius 3 is 2.45 bits per heavy atom. The zero-order valence-electron chi connectivity index (χ0n) is 15.4. The van der Waals surface area contributed by atoms with Crippen LogP contribution in [0.4, 0.5) is 37.6 Å². The molecule has 5 N–H and O–H groups in total. The van der Waals surface area contributed by atoms with Gasteiger partial charge in [0.1, 0.15) is 5.82 Å². The molecule has 0 bridgehead atoms. The van der Waals surface area contributed by atoms with E-state index in [0.717, 1.165) is 12.3 Å². The van der Waals surface area contributed by atoms with Gasteiger partial charge in [0.25, 0.3) is 0 Å². The normalized spacial score (nSPS) is 14.5. The molecule has 162 valence electrons. The second kappa shape index (κ2) is 7.40. The Kier molecular flexibility index (Phi) is 4.99. The summed E-state index contributed by atoms with van der Waals surface area (Å²) in [5.41, 5.74) is 0.649. The van der Waals surface area contributed by atoms with Crippen molar-refractivity contribution >= 4 is 48.9 Å². The number of hydrogen-bond donors (Lipinski definition) is 4. The van der Waals surface area contributed by atoms with Crippen LogP contribution in [0.2, 0.25) is 0 Å². The van der Waals surface area contributed by atoms with E-state index < -0.39 is 31.7 Å². The summed E-state index contributed by atoms with van der Waals surface area (Å²) in [6.45, 7) is 0. The first-order chi connectivity index (χ1) is 14.5. The number of nitrogens with one attached hydrogen (secondary N) is 3. The van der Waals surface area contributed by atoms with Crippen molar-refractivity contribution in [1.82, 2.24) is 9.97 Å². The van der Waals surface area contributed by atoms with E-state index in [1.807, 2.05) is 0 Å². The Labute approximate surface area is 175 Å². The van der Waals surface area contributed by atoms with Crippen LogP contribution in [0.25, 0.3) is 0 Å². The van der Waals surface area contributed by atoms with Crippen LogP contribution in [-0.2, 0) is 25.8 Å². The molecule has 1 aliphatic heterocycles. The fourth-order valence-electron chi connectivity index (χ4n) is 2.83. The summed E-state index contributed by atoms with van der Waals surface area (Å²) < 4.78 is 76.7. The first kappa shape index (κ1) is 20.9. The SMILES string of the molecule is NS(=O)(=O)c1ccc(Nc2ncc(F)c(Nc3cc4c(cc3F)CS(=O)(=O)N4)n2)cc1. The molecule has 0 unspecified atom stereocenters. The highest BCUT2D eigenvalue weighted by Crippen LogP contribution is 2.33. The van der Waals surface area contributed by atoms with E-state index in [1.165, 1.54) is 30.3 Å². The van der Waals surface area contributed by atoms with Crippen molar-refractivity contribution in [3.05, 3.63) is 59.8 Å². The molecule has 0 amide bonds. The van der Waals surface area contributed by atoms with Gasteiger partial charge >= 0.3 is 0 Å². The van der Waals surface area contributed by atoms with E-state index in [-0.39, 0.29) is 39.4 Å². The van der Waals surface area contributed by atoms with Crippen molar-refractivity contribution in [3.63, 3.8) is 0 Å². The number of primary sulfonamides is 1. The molecule has 0 aliphatic carbocycles. The van der Waals surface area contributed by atoms with Crippen LogP contribution in [0.15, 0.2) is 47.5 Å². The predicted octanol–water partition coefficient (Wildman–Crippen LogP) is 2.14. The number of nitrogens with two attached hydrogens (primary N) is 1. The van der Waals surface area contributed by atoms with Crippen LogP contribution >= 0.6 is 0 Å². The van der Waals surface area contributed by atoms with E-state index in [0.29, 0.717) is 5.69 Å². The van der Waals surface area contributed by atoms with Crippen molar-refractivity contribution in [3.8, 4) is 0 Å². The Hall–Kier alpha value is -3.36. The summed E-state index contributed by atoms with van der Waals surface area (Å²) in [7, 11) is -7.43. The summed E-state index contributed by atoms with van der Waals surface area (Å²) in [6, 6.07) is 7.59. The average molecular weight is 468 g/mol. The quantitative estimate of drug-likeness (QED) is 0.444. The molecule has 14 heteroatoms. The largest absolute Gasteiger partial charge is 0.335 e. The van der Waals surface area contributed by atoms with Gasteiger partial charge in [-0.2, -0.15) is 4.98 Å². The maximum Gasteiger partial charge on any atom is 0.238 e. The third-order valence-corrected chi connectivity index (χ3v) is 6.39. The third-order valence-electron chi connectivity index (χ3n) is 4.24. The van der Waals surface area contributed by atoms with Crippen molar-refractivity contribution in [1.29, 1.82) is 0 Å². The lowest BCUT2D eigenvalue weighted by Crippen LogP contribution is -2.11. The number of rotatable bonds is 5. The molecule has 0 atom stereocenters. The Morgan fingerprint density at radius 2 is 1.77 bits per heavy atom. The monoisotopic (exact) mass is 468 g/mol. The van der Waals surface area contributed by atoms with Crippen molar-refractivity contribution in [2.45, 2.75) is 10.6 Å². The lowest BCUT2D eigenvalue weighted by Gasteiger charge is -2.11. The first-order valence-electron chi connectivity index (χ1n) is 8.52. The van der Waals surface area contributed by atoms with Gasteiger partial charge in [-0.25, -0.2) is 35.7 Å². The summed E-state index contributed by atoms with van der Waals surface area (Å²) in [6.07, 6.45) is 0.852. The van der Waals surface area contributed by atoms with Crippen LogP contribution in [0.1, 0.15) is 5.56 Å². The van der Waals surface area contributed by atoms with Crippen LogP contribution < -0.4 is 20.5 Å². The van der Waals surface area contributed by atoms with E-state index in [1.54, 1.807) is 0 Å². The van der Waals surface area contributed by atoms with Gasteiger partial charge in [-0.1, -0.05) is 0 Å². The van der Waals surface area contributed by atoms with Gasteiger partial charge in [-0.3, -0.25) is 4.72 Å². The molecule has 1 aliphatic rings. The zero-order valence-corrected chi connectivity index (χ0v) is 17.1. The van der Waals surface area contributed by atoms with Gasteiger partial charge < -0.3 is 10.6 Å². The van der Waals surface area contributed by atoms with Gasteiger partial charge in [-0.15, -0.1) is 0 Å². The van der Waals surface area contributed by atoms with Gasteiger partial charge in [0, 0.05) is 5.69 Å². The number of benzene rings is 2. The molecule has 0 spiro atoms. The van der Waals surface area contributed by atoms with Gasteiger partial charge in [0.15, 0.2) is 11.6 Å². The Bertz CT molecular complexity index is 1400. The molecule has 2 heterocycles. The molecule has 2 aromatic carbocycles. The minimum absolute atomic E-state index is 0.0606. The molecule has 0 saturated carbocycles. The van der Waals surface area contributed by atoms with E-state index in [2.05, 4.69) is 25.3 Å². The van der Waals surface area contributed by atoms with E-state index >= 15 is 0 Å². The van der Waals surface area contributed by atoms with E-state index in [4.69, 9.17) is 5.14 Å². The van der Waals surface area contributed by atoms with Gasteiger partial charge in [0.2, 0.25) is 26.0 Å². The van der Waals surface area contributed by atoms with Crippen molar-refractivity contribution < 1.29 is 25.6 Å². The molecule has 4 rings (SSSR count). The minimum Gasteiger partial charge on any atom is -0.335 e. The maximum absolute atomic E-state index is 14.4. The Morgan fingerprint density at radius 1 is 1.06 bits per heavy atom. The number of sulfonamides is 2. The van der Waals surface area contributed by atoms with Crippen molar-refractivity contribution in [2.75, 3.05) is 15.4 Å². The third kappa shape index (κ3) is 4.55. The number of aromatic nitrogens is 2. The molecule has 1 aromatic heterocycles. The van der Waals surface area contributed by atoms with Crippen LogP contribution in [-0.4, -0.2) is 26.8 Å². The summed E-state index contributed by atoms with van der Waals surface area (Å²) in [4.78, 5) is 7.63. The summed E-state index contributed by atoms with van der Waals surface area (Å²) in [5.74, 6) is -2.44. The second-order valence-corrected chi connectivity index (χ2v) is 9.84. The summed E-state index contributed by atoms with van der Waals surface area (Å²) >= 11 is 0. The van der Waals surface area contributed by atoms with Crippen LogP contribution in [0.3, 0.4) is 0 Å².